The lowest BCUT2D eigenvalue weighted by molar-refractivity contribution is 0.185. The summed E-state index contributed by atoms with van der Waals surface area (Å²) in [7, 11) is 1.65. The Morgan fingerprint density at radius 1 is 1.36 bits per heavy atom. The maximum absolute atomic E-state index is 6.18. The molecule has 0 unspecified atom stereocenters. The van der Waals surface area contributed by atoms with Crippen molar-refractivity contribution in [2.45, 2.75) is 6.61 Å². The number of fused-ring (bicyclic) bond motifs is 1. The molecular formula is C11H10ClNO. The fourth-order valence-electron chi connectivity index (χ4n) is 1.42. The van der Waals surface area contributed by atoms with Gasteiger partial charge in [0.25, 0.3) is 0 Å². The Bertz CT molecular complexity index is 456. The molecule has 0 N–H and O–H groups in total. The molecule has 2 rings (SSSR count). The van der Waals surface area contributed by atoms with Gasteiger partial charge in [0.2, 0.25) is 0 Å². The summed E-state index contributed by atoms with van der Waals surface area (Å²) in [6, 6.07) is 7.86. The highest BCUT2D eigenvalue weighted by Crippen LogP contribution is 2.25. The topological polar surface area (TPSA) is 22.1 Å². The molecule has 2 aromatic rings. The lowest BCUT2D eigenvalue weighted by Crippen LogP contribution is -1.90. The zero-order valence-corrected chi connectivity index (χ0v) is 8.58. The molecule has 0 aliphatic carbocycles. The van der Waals surface area contributed by atoms with Crippen molar-refractivity contribution < 1.29 is 4.74 Å². The van der Waals surface area contributed by atoms with Gasteiger partial charge in [-0.2, -0.15) is 0 Å². The smallest absolute Gasteiger partial charge is 0.0891 e. The number of hydrogen-bond donors (Lipinski definition) is 0. The molecule has 0 bridgehead atoms. The van der Waals surface area contributed by atoms with Crippen molar-refractivity contribution in [1.82, 2.24) is 4.98 Å². The number of halogens is 1. The maximum Gasteiger partial charge on any atom is 0.0891 e. The zero-order valence-electron chi connectivity index (χ0n) is 7.83. The second-order valence-corrected chi connectivity index (χ2v) is 3.42. The van der Waals surface area contributed by atoms with Gasteiger partial charge in [-0.3, -0.25) is 4.98 Å². The summed E-state index contributed by atoms with van der Waals surface area (Å²) in [6.45, 7) is 0.519. The van der Waals surface area contributed by atoms with Crippen LogP contribution in [0.15, 0.2) is 30.5 Å². The molecule has 1 heterocycles. The standard InChI is InChI=1S/C11H10ClNO/c1-14-7-9-5-4-8-3-2-6-13-11(8)10(9)12/h2-6H,7H2,1H3. The molecule has 0 atom stereocenters. The molecule has 3 heteroatoms. The molecule has 0 spiro atoms. The third-order valence-corrected chi connectivity index (χ3v) is 2.51. The minimum absolute atomic E-state index is 0.519. The number of aromatic nitrogens is 1. The van der Waals surface area contributed by atoms with Crippen LogP contribution in [-0.4, -0.2) is 12.1 Å². The summed E-state index contributed by atoms with van der Waals surface area (Å²) in [6.07, 6.45) is 1.74. The summed E-state index contributed by atoms with van der Waals surface area (Å²) in [5.74, 6) is 0. The fourth-order valence-corrected chi connectivity index (χ4v) is 1.69. The molecule has 0 saturated carbocycles. The average molecular weight is 208 g/mol. The van der Waals surface area contributed by atoms with Gasteiger partial charge in [0, 0.05) is 18.7 Å². The van der Waals surface area contributed by atoms with Crippen molar-refractivity contribution in [2.75, 3.05) is 7.11 Å². The average Bonchev–Trinajstić information content (AvgIpc) is 2.23. The largest absolute Gasteiger partial charge is 0.380 e. The molecule has 0 aliphatic heterocycles. The van der Waals surface area contributed by atoms with Crippen LogP contribution in [0.4, 0.5) is 0 Å². The highest BCUT2D eigenvalue weighted by molar-refractivity contribution is 6.35. The van der Waals surface area contributed by atoms with Crippen LogP contribution < -0.4 is 0 Å². The Morgan fingerprint density at radius 3 is 3.00 bits per heavy atom. The Hall–Kier alpha value is -1.12. The van der Waals surface area contributed by atoms with E-state index in [2.05, 4.69) is 4.98 Å². The van der Waals surface area contributed by atoms with E-state index in [1.54, 1.807) is 13.3 Å². The van der Waals surface area contributed by atoms with Crippen molar-refractivity contribution in [1.29, 1.82) is 0 Å². The van der Waals surface area contributed by atoms with Gasteiger partial charge in [-0.1, -0.05) is 29.8 Å². The van der Waals surface area contributed by atoms with Crippen LogP contribution in [-0.2, 0) is 11.3 Å². The first-order chi connectivity index (χ1) is 6.83. The fraction of sp³-hybridized carbons (Fsp3) is 0.182. The third kappa shape index (κ3) is 1.59. The van der Waals surface area contributed by atoms with Crippen LogP contribution >= 0.6 is 11.6 Å². The molecule has 0 radical (unpaired) electrons. The van der Waals surface area contributed by atoms with E-state index in [1.807, 2.05) is 24.3 Å². The predicted molar refractivity (Wildman–Crippen MR) is 57.5 cm³/mol. The molecule has 0 amide bonds. The highest BCUT2D eigenvalue weighted by Gasteiger charge is 2.05. The first-order valence-corrected chi connectivity index (χ1v) is 4.72. The predicted octanol–water partition coefficient (Wildman–Crippen LogP) is 3.03. The molecule has 14 heavy (non-hydrogen) atoms. The van der Waals surface area contributed by atoms with Gasteiger partial charge in [-0.25, -0.2) is 0 Å². The number of nitrogens with zero attached hydrogens (tertiary/aromatic N) is 1. The number of pyridine rings is 1. The maximum atomic E-state index is 6.18. The first kappa shape index (κ1) is 9.44. The van der Waals surface area contributed by atoms with Gasteiger partial charge in [-0.05, 0) is 11.6 Å². The number of methoxy groups -OCH3 is 1. The summed E-state index contributed by atoms with van der Waals surface area (Å²) < 4.78 is 5.05. The molecule has 0 saturated heterocycles. The SMILES string of the molecule is COCc1ccc2cccnc2c1Cl. The zero-order chi connectivity index (χ0) is 9.97. The number of hydrogen-bond acceptors (Lipinski definition) is 2. The van der Waals surface area contributed by atoms with E-state index in [4.69, 9.17) is 16.3 Å². The Kier molecular flexibility index (Phi) is 2.66. The molecule has 0 fully saturated rings. The minimum Gasteiger partial charge on any atom is -0.380 e. The quantitative estimate of drug-likeness (QED) is 0.755. The van der Waals surface area contributed by atoms with Gasteiger partial charge >= 0.3 is 0 Å². The Morgan fingerprint density at radius 2 is 2.21 bits per heavy atom. The van der Waals surface area contributed by atoms with Crippen molar-refractivity contribution in [3.05, 3.63) is 41.0 Å². The summed E-state index contributed by atoms with van der Waals surface area (Å²) in [5, 5.41) is 1.74. The van der Waals surface area contributed by atoms with Gasteiger partial charge in [-0.15, -0.1) is 0 Å². The number of rotatable bonds is 2. The van der Waals surface area contributed by atoms with Crippen molar-refractivity contribution >= 4 is 22.5 Å². The lowest BCUT2D eigenvalue weighted by atomic mass is 10.1. The van der Waals surface area contributed by atoms with Crippen molar-refractivity contribution in [3.63, 3.8) is 0 Å². The summed E-state index contributed by atoms with van der Waals surface area (Å²) in [5.41, 5.74) is 1.81. The van der Waals surface area contributed by atoms with E-state index in [0.29, 0.717) is 11.6 Å². The van der Waals surface area contributed by atoms with E-state index in [-0.39, 0.29) is 0 Å². The minimum atomic E-state index is 0.519. The second kappa shape index (κ2) is 3.95. The van der Waals surface area contributed by atoms with E-state index in [0.717, 1.165) is 16.5 Å². The molecular weight excluding hydrogens is 198 g/mol. The van der Waals surface area contributed by atoms with Crippen LogP contribution in [0.3, 0.4) is 0 Å². The Balaban J connectivity index is 2.63. The number of ether oxygens (including phenoxy) is 1. The summed E-state index contributed by atoms with van der Waals surface area (Å²) >= 11 is 6.18. The van der Waals surface area contributed by atoms with Crippen LogP contribution in [0.25, 0.3) is 10.9 Å². The molecule has 2 nitrogen and oxygen atoms in total. The van der Waals surface area contributed by atoms with Gasteiger partial charge in [0.1, 0.15) is 0 Å². The lowest BCUT2D eigenvalue weighted by Gasteiger charge is -2.05. The van der Waals surface area contributed by atoms with Crippen LogP contribution in [0.2, 0.25) is 5.02 Å². The van der Waals surface area contributed by atoms with Gasteiger partial charge < -0.3 is 4.74 Å². The second-order valence-electron chi connectivity index (χ2n) is 3.05. The number of benzene rings is 1. The van der Waals surface area contributed by atoms with E-state index < -0.39 is 0 Å². The monoisotopic (exact) mass is 207 g/mol. The van der Waals surface area contributed by atoms with E-state index in [9.17, 15) is 0 Å². The normalized spacial score (nSPS) is 10.7. The molecule has 1 aromatic carbocycles. The third-order valence-electron chi connectivity index (χ3n) is 2.09. The molecule has 1 aromatic heterocycles. The Labute approximate surface area is 87.5 Å². The van der Waals surface area contributed by atoms with Gasteiger partial charge in [0.05, 0.1) is 17.1 Å². The van der Waals surface area contributed by atoms with Crippen LogP contribution in [0.1, 0.15) is 5.56 Å². The molecule has 0 aliphatic rings. The first-order valence-electron chi connectivity index (χ1n) is 4.34. The van der Waals surface area contributed by atoms with E-state index >= 15 is 0 Å². The summed E-state index contributed by atoms with van der Waals surface area (Å²) in [4.78, 5) is 4.24. The van der Waals surface area contributed by atoms with Crippen LogP contribution in [0.5, 0.6) is 0 Å². The van der Waals surface area contributed by atoms with Crippen LogP contribution in [0, 0.1) is 0 Å². The highest BCUT2D eigenvalue weighted by atomic mass is 35.5. The van der Waals surface area contributed by atoms with Crippen molar-refractivity contribution in [3.8, 4) is 0 Å². The van der Waals surface area contributed by atoms with Crippen molar-refractivity contribution in [2.24, 2.45) is 0 Å². The molecule has 72 valence electrons. The van der Waals surface area contributed by atoms with E-state index in [1.165, 1.54) is 0 Å². The van der Waals surface area contributed by atoms with Gasteiger partial charge in [0.15, 0.2) is 0 Å².